The largest absolute Gasteiger partial charge is 1.00 e. The number of esters is 1. The van der Waals surface area contributed by atoms with E-state index in [1.807, 2.05) is 0 Å². The van der Waals surface area contributed by atoms with Gasteiger partial charge in [0.2, 0.25) is 11.1 Å². The van der Waals surface area contributed by atoms with Crippen molar-refractivity contribution in [3.8, 4) is 0 Å². The van der Waals surface area contributed by atoms with Gasteiger partial charge < -0.3 is 10.7 Å². The molecule has 0 saturated heterocycles. The average Bonchev–Trinajstić information content (AvgIpc) is 1.99. The summed E-state index contributed by atoms with van der Waals surface area (Å²) in [5, 5.41) is -3.94. The Morgan fingerprint density at radius 2 is 2.14 bits per heavy atom. The second-order valence-electron chi connectivity index (χ2n) is 2.24. The second kappa shape index (κ2) is 6.62. The van der Waals surface area contributed by atoms with Crippen molar-refractivity contribution in [3.63, 3.8) is 0 Å². The molecule has 0 aliphatic rings. The predicted molar refractivity (Wildman–Crippen MR) is 42.6 cm³/mol. The number of carbonyl (C=O) groups is 1. The van der Waals surface area contributed by atoms with Gasteiger partial charge in [0.25, 0.3) is 0 Å². The van der Waals surface area contributed by atoms with Crippen LogP contribution in [-0.2, 0) is 20.6 Å². The van der Waals surface area contributed by atoms with Crippen molar-refractivity contribution < 1.29 is 58.1 Å². The van der Waals surface area contributed by atoms with E-state index in [4.69, 9.17) is 4.55 Å². The summed E-state index contributed by atoms with van der Waals surface area (Å²) in [6.07, 6.45) is 0. The van der Waals surface area contributed by atoms with Crippen LogP contribution in [0.2, 0.25) is 0 Å². The molecule has 0 radical (unpaired) electrons. The van der Waals surface area contributed by atoms with E-state index in [1.165, 1.54) is 6.92 Å². The van der Waals surface area contributed by atoms with Crippen LogP contribution in [0.25, 0.3) is 0 Å². The molecule has 1 atom stereocenters. The normalized spacial score (nSPS) is 12.6. The molecule has 0 aliphatic heterocycles. The number of ether oxygens (including phenoxy) is 1. The van der Waals surface area contributed by atoms with Crippen molar-refractivity contribution in [2.24, 2.45) is 0 Å². The number of hydrogen-bond acceptors (Lipinski definition) is 3. The molecule has 1 unspecified atom stereocenters. The van der Waals surface area contributed by atoms with Gasteiger partial charge in [-0.25, -0.2) is 9.00 Å². The Kier molecular flexibility index (Phi) is 7.86. The molecular weight excluding hydrogens is 229 g/mol. The van der Waals surface area contributed by atoms with E-state index in [-0.39, 0.29) is 36.6 Å². The van der Waals surface area contributed by atoms with Gasteiger partial charge in [0, 0.05) is 5.57 Å². The minimum atomic E-state index is -3.94. The van der Waals surface area contributed by atoms with Crippen LogP contribution in [0.3, 0.4) is 0 Å². The van der Waals surface area contributed by atoms with Gasteiger partial charge in [-0.05, 0) is 6.92 Å². The van der Waals surface area contributed by atoms with Gasteiger partial charge in [0.05, 0.1) is 0 Å². The topological polar surface area (TPSA) is 63.6 Å². The summed E-state index contributed by atoms with van der Waals surface area (Å²) in [4.78, 5) is 10.6. The Hall–Kier alpha value is 0.180. The molecule has 0 amide bonds. The van der Waals surface area contributed by atoms with Crippen molar-refractivity contribution in [2.75, 3.05) is 6.61 Å². The zero-order chi connectivity index (χ0) is 10.6. The summed E-state index contributed by atoms with van der Waals surface area (Å²) in [5.74, 6) is -1.02. The number of carbonyl (C=O) groups excluding carboxylic acids is 1. The average molecular weight is 238 g/mol. The number of rotatable bonds is 4. The minimum absolute atomic E-state index is 0. The SMILES string of the molecule is C=C(C)C(=O)OCC(F)(F)S(=O)O.[H-].[Na+]. The molecule has 0 aromatic carbocycles. The first kappa shape index (κ1) is 16.6. The quantitative estimate of drug-likeness (QED) is 0.267. The molecule has 78 valence electrons. The fourth-order valence-corrected chi connectivity index (χ4v) is 0.483. The Morgan fingerprint density at radius 3 is 2.43 bits per heavy atom. The van der Waals surface area contributed by atoms with Crippen molar-refractivity contribution in [2.45, 2.75) is 12.2 Å². The molecule has 0 aromatic heterocycles. The van der Waals surface area contributed by atoms with Gasteiger partial charge >= 0.3 is 40.8 Å². The van der Waals surface area contributed by atoms with Crippen LogP contribution >= 0.6 is 0 Å². The van der Waals surface area contributed by atoms with E-state index in [2.05, 4.69) is 11.3 Å². The molecule has 0 aromatic rings. The van der Waals surface area contributed by atoms with Gasteiger partial charge in [-0.15, -0.1) is 0 Å². The molecule has 0 aliphatic carbocycles. The predicted octanol–water partition coefficient (Wildman–Crippen LogP) is -1.96. The van der Waals surface area contributed by atoms with Gasteiger partial charge in [-0.3, -0.25) is 0 Å². The first-order valence-corrected chi connectivity index (χ1v) is 4.19. The maximum absolute atomic E-state index is 12.3. The molecule has 1 N–H and O–H groups in total. The summed E-state index contributed by atoms with van der Waals surface area (Å²) in [7, 11) is 0. The zero-order valence-corrected chi connectivity index (χ0v) is 10.6. The summed E-state index contributed by atoms with van der Waals surface area (Å²) in [5.41, 5.74) is -0.0560. The zero-order valence-electron chi connectivity index (χ0n) is 8.75. The second-order valence-corrected chi connectivity index (χ2v) is 3.34. The number of halogens is 2. The Labute approximate surface area is 106 Å². The van der Waals surface area contributed by atoms with Crippen LogP contribution in [0.5, 0.6) is 0 Å². The molecule has 0 heterocycles. The Morgan fingerprint density at radius 1 is 1.71 bits per heavy atom. The van der Waals surface area contributed by atoms with Crippen molar-refractivity contribution >= 4 is 17.0 Å². The monoisotopic (exact) mass is 238 g/mol. The third-order valence-electron chi connectivity index (χ3n) is 0.975. The Bertz CT molecular complexity index is 262. The smallest absolute Gasteiger partial charge is 1.00 e. The van der Waals surface area contributed by atoms with E-state index in [1.54, 1.807) is 0 Å². The Balaban J connectivity index is -0.000000720. The van der Waals surface area contributed by atoms with E-state index in [0.29, 0.717) is 0 Å². The molecule has 0 bridgehead atoms. The third-order valence-corrected chi connectivity index (χ3v) is 1.60. The molecule has 4 nitrogen and oxygen atoms in total. The fourth-order valence-electron chi connectivity index (χ4n) is 0.323. The van der Waals surface area contributed by atoms with Crippen LogP contribution in [-0.4, -0.2) is 26.6 Å². The van der Waals surface area contributed by atoms with Crippen molar-refractivity contribution in [3.05, 3.63) is 12.2 Å². The van der Waals surface area contributed by atoms with E-state index in [9.17, 15) is 17.8 Å². The molecule has 14 heavy (non-hydrogen) atoms. The summed E-state index contributed by atoms with van der Waals surface area (Å²) in [6, 6.07) is 0. The van der Waals surface area contributed by atoms with Crippen molar-refractivity contribution in [1.29, 1.82) is 0 Å². The maximum atomic E-state index is 12.3. The van der Waals surface area contributed by atoms with Gasteiger partial charge in [0.1, 0.15) is 0 Å². The van der Waals surface area contributed by atoms with E-state index < -0.39 is 28.9 Å². The standard InChI is InChI=1S/C6H8F2O4S.Na.H/c1-4(2)5(9)12-3-6(7,8)13(10)11;;/h1,3H2,2H3,(H,10,11);;/q;+1;-1. The molecule has 0 fully saturated rings. The van der Waals surface area contributed by atoms with E-state index >= 15 is 0 Å². The van der Waals surface area contributed by atoms with E-state index in [0.717, 1.165) is 0 Å². The molecule has 0 rings (SSSR count). The third kappa shape index (κ3) is 5.82. The summed E-state index contributed by atoms with van der Waals surface area (Å²) < 4.78 is 46.6. The minimum Gasteiger partial charge on any atom is -1.00 e. The van der Waals surface area contributed by atoms with Crippen LogP contribution in [0.1, 0.15) is 8.35 Å². The molecule has 8 heteroatoms. The first-order chi connectivity index (χ1) is 5.77. The van der Waals surface area contributed by atoms with Gasteiger partial charge in [0.15, 0.2) is 6.61 Å². The molecule has 0 saturated carbocycles. The summed E-state index contributed by atoms with van der Waals surface area (Å²) in [6.45, 7) is 2.99. The molecule has 0 spiro atoms. The van der Waals surface area contributed by atoms with Crippen LogP contribution in [0, 0.1) is 0 Å². The summed E-state index contributed by atoms with van der Waals surface area (Å²) >= 11 is -3.35. The molecular formula is C6H9F2NaO4S. The van der Waals surface area contributed by atoms with Gasteiger partial charge in [-0.2, -0.15) is 8.78 Å². The van der Waals surface area contributed by atoms with Crippen LogP contribution in [0.15, 0.2) is 12.2 Å². The van der Waals surface area contributed by atoms with Crippen molar-refractivity contribution in [1.82, 2.24) is 0 Å². The number of alkyl halides is 2. The first-order valence-electron chi connectivity index (χ1n) is 3.09. The van der Waals surface area contributed by atoms with Crippen LogP contribution in [0.4, 0.5) is 8.78 Å². The maximum Gasteiger partial charge on any atom is 1.00 e. The number of hydrogen-bond donors (Lipinski definition) is 1. The van der Waals surface area contributed by atoms with Crippen LogP contribution < -0.4 is 29.6 Å². The fraction of sp³-hybridized carbons (Fsp3) is 0.500. The van der Waals surface area contributed by atoms with Gasteiger partial charge in [-0.1, -0.05) is 6.58 Å².